The van der Waals surface area contributed by atoms with Crippen molar-refractivity contribution in [3.05, 3.63) is 64.2 Å². The van der Waals surface area contributed by atoms with Gasteiger partial charge in [-0.15, -0.1) is 0 Å². The molecule has 2 aliphatic heterocycles. The van der Waals surface area contributed by atoms with Gasteiger partial charge in [-0.05, 0) is 56.4 Å². The van der Waals surface area contributed by atoms with Gasteiger partial charge in [-0.1, -0.05) is 37.1 Å². The second-order valence-corrected chi connectivity index (χ2v) is 10.9. The Morgan fingerprint density at radius 1 is 0.950 bits per heavy atom. The number of carbonyl (C=O) groups excluding carboxylic acids is 4. The van der Waals surface area contributed by atoms with E-state index in [9.17, 15) is 24.0 Å². The van der Waals surface area contributed by atoms with Crippen molar-refractivity contribution in [1.82, 2.24) is 14.9 Å². The van der Waals surface area contributed by atoms with Crippen LogP contribution in [0, 0.1) is 18.8 Å². The number of fused-ring (bicyclic) bond motifs is 2. The minimum Gasteiger partial charge on any atom is -0.324 e. The topological polar surface area (TPSA) is 130 Å². The third kappa shape index (κ3) is 4.47. The first-order valence-electron chi connectivity index (χ1n) is 13.9. The molecule has 4 amide bonds. The summed E-state index contributed by atoms with van der Waals surface area (Å²) in [5.74, 6) is -1.76. The highest BCUT2D eigenvalue weighted by Crippen LogP contribution is 2.36. The van der Waals surface area contributed by atoms with E-state index in [0.29, 0.717) is 36.4 Å². The normalized spacial score (nSPS) is 22.6. The zero-order chi connectivity index (χ0) is 28.0. The van der Waals surface area contributed by atoms with Gasteiger partial charge >= 0.3 is 0 Å². The molecule has 6 rings (SSSR count). The molecule has 0 spiro atoms. The van der Waals surface area contributed by atoms with E-state index in [1.165, 1.54) is 4.57 Å². The number of aryl methyl sites for hydroxylation is 1. The van der Waals surface area contributed by atoms with E-state index >= 15 is 0 Å². The van der Waals surface area contributed by atoms with Crippen molar-refractivity contribution in [2.45, 2.75) is 57.9 Å². The maximum absolute atomic E-state index is 13.7. The van der Waals surface area contributed by atoms with Crippen LogP contribution in [0.25, 0.3) is 10.9 Å². The van der Waals surface area contributed by atoms with Crippen LogP contribution in [0.3, 0.4) is 0 Å². The van der Waals surface area contributed by atoms with E-state index in [4.69, 9.17) is 0 Å². The van der Waals surface area contributed by atoms with Gasteiger partial charge in [0.2, 0.25) is 23.6 Å². The lowest BCUT2D eigenvalue weighted by Gasteiger charge is -2.32. The Labute approximate surface area is 230 Å². The molecule has 3 aliphatic rings. The van der Waals surface area contributed by atoms with Crippen molar-refractivity contribution in [3.63, 3.8) is 0 Å². The first-order valence-corrected chi connectivity index (χ1v) is 13.9. The zero-order valence-corrected chi connectivity index (χ0v) is 22.3. The predicted octanol–water partition coefficient (Wildman–Crippen LogP) is 3.02. The Morgan fingerprint density at radius 2 is 1.73 bits per heavy atom. The second kappa shape index (κ2) is 10.3. The minimum absolute atomic E-state index is 0.0104. The second-order valence-electron chi connectivity index (χ2n) is 10.9. The Bertz CT molecular complexity index is 1610. The van der Waals surface area contributed by atoms with Crippen molar-refractivity contribution < 1.29 is 19.2 Å². The summed E-state index contributed by atoms with van der Waals surface area (Å²) < 4.78 is 1.32. The number of nitrogens with zero attached hydrogens (tertiary/aromatic N) is 3. The number of para-hydroxylation sites is 2. The van der Waals surface area contributed by atoms with E-state index in [-0.39, 0.29) is 35.9 Å². The highest BCUT2D eigenvalue weighted by molar-refractivity contribution is 6.05. The summed E-state index contributed by atoms with van der Waals surface area (Å²) in [7, 11) is 0. The molecule has 10 nitrogen and oxygen atoms in total. The van der Waals surface area contributed by atoms with Gasteiger partial charge in [0.05, 0.1) is 17.0 Å². The van der Waals surface area contributed by atoms with E-state index in [0.717, 1.165) is 30.5 Å². The van der Waals surface area contributed by atoms with Gasteiger partial charge in [-0.2, -0.15) is 0 Å². The van der Waals surface area contributed by atoms with Crippen molar-refractivity contribution in [2.75, 3.05) is 16.8 Å². The number of amides is 4. The van der Waals surface area contributed by atoms with Gasteiger partial charge < -0.3 is 10.2 Å². The van der Waals surface area contributed by atoms with Crippen molar-refractivity contribution >= 4 is 45.9 Å². The lowest BCUT2D eigenvalue weighted by atomic mass is 9.77. The van der Waals surface area contributed by atoms with Gasteiger partial charge in [-0.25, -0.2) is 4.98 Å². The molecule has 3 aromatic rings. The molecule has 10 heteroatoms. The molecule has 1 aliphatic carbocycles. The average Bonchev–Trinajstić information content (AvgIpc) is 3.38. The van der Waals surface area contributed by atoms with Gasteiger partial charge in [0, 0.05) is 24.6 Å². The quantitative estimate of drug-likeness (QED) is 0.489. The fourth-order valence-electron chi connectivity index (χ4n) is 6.46. The lowest BCUT2D eigenvalue weighted by molar-refractivity contribution is -0.136. The summed E-state index contributed by atoms with van der Waals surface area (Å²) in [4.78, 5) is 71.4. The maximum Gasteiger partial charge on any atom is 0.262 e. The van der Waals surface area contributed by atoms with Crippen LogP contribution in [0.5, 0.6) is 0 Å². The molecule has 3 heterocycles. The highest BCUT2D eigenvalue weighted by Gasteiger charge is 2.40. The molecule has 2 fully saturated rings. The fourth-order valence-corrected chi connectivity index (χ4v) is 6.46. The summed E-state index contributed by atoms with van der Waals surface area (Å²) in [6.45, 7) is 2.25. The Morgan fingerprint density at radius 3 is 2.52 bits per heavy atom. The van der Waals surface area contributed by atoms with Crippen molar-refractivity contribution in [3.8, 4) is 0 Å². The molecule has 1 aromatic heterocycles. The standard InChI is InChI=1S/C30H31N5O5/c1-17-31-26-21(30(40)35(17)24-13-14-25(36)33-28(24)38)10-6-11-22(26)32-27(37)19-8-3-4-9-20(19)29(39)34-16-15-18-7-2-5-12-23(18)34/h2,5-7,10-12,19-20,24H,3-4,8-9,13-16H2,1H3,(H,32,37)(H,33,36,38)/t19-,20+,24?/m1/s1. The van der Waals surface area contributed by atoms with E-state index in [2.05, 4.69) is 15.6 Å². The molecule has 3 atom stereocenters. The fraction of sp³-hybridized carbons (Fsp3) is 0.400. The zero-order valence-electron chi connectivity index (χ0n) is 22.3. The van der Waals surface area contributed by atoms with Gasteiger partial charge in [0.25, 0.3) is 5.56 Å². The monoisotopic (exact) mass is 541 g/mol. The summed E-state index contributed by atoms with van der Waals surface area (Å²) in [6.07, 6.45) is 4.18. The van der Waals surface area contributed by atoms with Crippen LogP contribution >= 0.6 is 0 Å². The number of hydrogen-bond donors (Lipinski definition) is 2. The first-order chi connectivity index (χ1) is 19.3. The summed E-state index contributed by atoms with van der Waals surface area (Å²) in [5.41, 5.74) is 2.38. The van der Waals surface area contributed by atoms with Gasteiger partial charge in [0.15, 0.2) is 0 Å². The third-order valence-corrected chi connectivity index (χ3v) is 8.46. The van der Waals surface area contributed by atoms with Crippen LogP contribution in [0.4, 0.5) is 11.4 Å². The predicted molar refractivity (Wildman–Crippen MR) is 149 cm³/mol. The molecule has 1 saturated carbocycles. The van der Waals surface area contributed by atoms with E-state index < -0.39 is 29.3 Å². The van der Waals surface area contributed by atoms with Crippen LogP contribution < -0.4 is 21.1 Å². The number of anilines is 2. The first kappa shape index (κ1) is 25.9. The molecule has 206 valence electrons. The summed E-state index contributed by atoms with van der Waals surface area (Å²) in [5, 5.41) is 5.52. The third-order valence-electron chi connectivity index (χ3n) is 8.46. The van der Waals surface area contributed by atoms with Gasteiger partial charge in [0.1, 0.15) is 17.4 Å². The van der Waals surface area contributed by atoms with Crippen LogP contribution in [-0.2, 0) is 25.6 Å². The molecule has 2 N–H and O–H groups in total. The number of carbonyl (C=O) groups is 4. The highest BCUT2D eigenvalue weighted by atomic mass is 16.2. The maximum atomic E-state index is 13.7. The van der Waals surface area contributed by atoms with Crippen molar-refractivity contribution in [1.29, 1.82) is 0 Å². The van der Waals surface area contributed by atoms with Crippen LogP contribution in [0.15, 0.2) is 47.3 Å². The number of hydrogen-bond acceptors (Lipinski definition) is 6. The van der Waals surface area contributed by atoms with E-state index in [1.54, 1.807) is 25.1 Å². The smallest absolute Gasteiger partial charge is 0.262 e. The molecular weight excluding hydrogens is 510 g/mol. The molecule has 2 aromatic carbocycles. The molecule has 1 unspecified atom stereocenters. The Kier molecular flexibility index (Phi) is 6.69. The van der Waals surface area contributed by atoms with Crippen LogP contribution in [0.1, 0.15) is 56.0 Å². The number of piperidine rings is 1. The van der Waals surface area contributed by atoms with Crippen LogP contribution in [-0.4, -0.2) is 39.7 Å². The van der Waals surface area contributed by atoms with E-state index in [1.807, 2.05) is 29.2 Å². The van der Waals surface area contributed by atoms with Crippen LogP contribution in [0.2, 0.25) is 0 Å². The molecular formula is C30H31N5O5. The summed E-state index contributed by atoms with van der Waals surface area (Å²) in [6, 6.07) is 12.0. The molecule has 0 radical (unpaired) electrons. The Balaban J connectivity index is 1.28. The van der Waals surface area contributed by atoms with Crippen molar-refractivity contribution in [2.24, 2.45) is 11.8 Å². The minimum atomic E-state index is -0.829. The number of aromatic nitrogens is 2. The SMILES string of the molecule is Cc1nc2c(NC(=O)[C@@H]3CCCC[C@@H]3C(=O)N3CCc4ccccc43)cccc2c(=O)n1C1CCC(=O)NC1=O. The molecule has 0 bridgehead atoms. The number of rotatable bonds is 4. The van der Waals surface area contributed by atoms with Gasteiger partial charge in [-0.3, -0.25) is 33.9 Å². The number of benzene rings is 2. The lowest BCUT2D eigenvalue weighted by Crippen LogP contribution is -2.45. The average molecular weight is 542 g/mol. The number of nitrogens with one attached hydrogen (secondary N) is 2. The molecule has 1 saturated heterocycles. The number of imide groups is 1. The molecule has 40 heavy (non-hydrogen) atoms. The largest absolute Gasteiger partial charge is 0.324 e. The Hall–Kier alpha value is -4.34. The summed E-state index contributed by atoms with van der Waals surface area (Å²) >= 11 is 0.